The van der Waals surface area contributed by atoms with Crippen molar-refractivity contribution in [2.45, 2.75) is 52.0 Å². The van der Waals surface area contributed by atoms with E-state index >= 15 is 0 Å². The van der Waals surface area contributed by atoms with Crippen LogP contribution in [0.2, 0.25) is 0 Å². The van der Waals surface area contributed by atoms with Crippen LogP contribution in [0.25, 0.3) is 0 Å². The van der Waals surface area contributed by atoms with E-state index in [1.807, 2.05) is 39.0 Å². The van der Waals surface area contributed by atoms with Gasteiger partial charge in [-0.25, -0.2) is 4.79 Å². The van der Waals surface area contributed by atoms with E-state index in [-0.39, 0.29) is 5.91 Å². The maximum absolute atomic E-state index is 12.9. The summed E-state index contributed by atoms with van der Waals surface area (Å²) in [7, 11) is 0. The zero-order valence-corrected chi connectivity index (χ0v) is 13.0. The van der Waals surface area contributed by atoms with Gasteiger partial charge in [0.1, 0.15) is 5.54 Å². The Kier molecular flexibility index (Phi) is 4.35. The summed E-state index contributed by atoms with van der Waals surface area (Å²) >= 11 is 0. The van der Waals surface area contributed by atoms with E-state index in [0.29, 0.717) is 24.9 Å². The highest BCUT2D eigenvalue weighted by Crippen LogP contribution is 2.36. The fourth-order valence-corrected chi connectivity index (χ4v) is 3.46. The molecule has 1 amide bonds. The lowest BCUT2D eigenvalue weighted by Gasteiger charge is -2.35. The molecule has 1 aromatic rings. The minimum atomic E-state index is -1.03. The van der Waals surface area contributed by atoms with Crippen LogP contribution in [0.3, 0.4) is 0 Å². The van der Waals surface area contributed by atoms with Gasteiger partial charge in [0.15, 0.2) is 0 Å². The van der Waals surface area contributed by atoms with Gasteiger partial charge in [0.05, 0.1) is 0 Å². The Labute approximate surface area is 125 Å². The average molecular weight is 289 g/mol. The van der Waals surface area contributed by atoms with Crippen LogP contribution in [0.4, 0.5) is 0 Å². The molecule has 0 saturated carbocycles. The number of hydrogen-bond donors (Lipinski definition) is 1. The van der Waals surface area contributed by atoms with Crippen LogP contribution in [0.1, 0.15) is 54.1 Å². The molecule has 1 aliphatic heterocycles. The Bertz CT molecular complexity index is 547. The van der Waals surface area contributed by atoms with Gasteiger partial charge in [0.2, 0.25) is 0 Å². The minimum Gasteiger partial charge on any atom is -0.479 e. The Balaban J connectivity index is 2.44. The molecule has 1 atom stereocenters. The summed E-state index contributed by atoms with van der Waals surface area (Å²) in [6.07, 6.45) is 2.57. The van der Waals surface area contributed by atoms with Gasteiger partial charge in [0, 0.05) is 12.1 Å². The van der Waals surface area contributed by atoms with Gasteiger partial charge in [0.25, 0.3) is 5.91 Å². The smallest absolute Gasteiger partial charge is 0.329 e. The summed E-state index contributed by atoms with van der Waals surface area (Å²) in [4.78, 5) is 26.4. The first kappa shape index (κ1) is 15.5. The summed E-state index contributed by atoms with van der Waals surface area (Å²) in [5, 5.41) is 9.71. The molecule has 1 aromatic carbocycles. The Morgan fingerprint density at radius 3 is 2.43 bits per heavy atom. The molecule has 1 aliphatic rings. The zero-order valence-electron chi connectivity index (χ0n) is 13.0. The molecule has 4 heteroatoms. The Morgan fingerprint density at radius 2 is 1.90 bits per heavy atom. The topological polar surface area (TPSA) is 57.6 Å². The first-order valence-electron chi connectivity index (χ1n) is 7.55. The molecule has 0 aromatic heterocycles. The molecule has 1 fully saturated rings. The largest absolute Gasteiger partial charge is 0.479 e. The van der Waals surface area contributed by atoms with E-state index in [1.165, 1.54) is 0 Å². The van der Waals surface area contributed by atoms with E-state index in [1.54, 1.807) is 4.90 Å². The number of aliphatic carboxylic acids is 1. The van der Waals surface area contributed by atoms with Gasteiger partial charge in [-0.2, -0.15) is 0 Å². The number of carbonyl (C=O) groups is 2. The van der Waals surface area contributed by atoms with Crippen molar-refractivity contribution in [1.29, 1.82) is 0 Å². The second kappa shape index (κ2) is 5.88. The molecule has 114 valence electrons. The molecule has 0 bridgehead atoms. The Hall–Kier alpha value is -1.84. The molecule has 1 saturated heterocycles. The summed E-state index contributed by atoms with van der Waals surface area (Å²) in [6, 6.07) is 5.72. The maximum atomic E-state index is 12.9. The fraction of sp³-hybridized carbons (Fsp3) is 0.529. The number of carbonyl (C=O) groups excluding carboxylic acids is 1. The number of likely N-dealkylation sites (tertiary alicyclic amines) is 1. The number of nitrogens with zero attached hydrogens (tertiary/aromatic N) is 1. The van der Waals surface area contributed by atoms with Crippen LogP contribution in [-0.4, -0.2) is 34.0 Å². The van der Waals surface area contributed by atoms with E-state index < -0.39 is 11.5 Å². The standard InChI is InChI=1S/C17H23NO3/c1-4-9-17(16(20)21)10-6-11-18(17)15(19)14-12(2)7-5-8-13(14)3/h5,7-8H,4,6,9-11H2,1-3H3,(H,20,21). The number of amides is 1. The molecule has 2 rings (SSSR count). The van der Waals surface area contributed by atoms with Gasteiger partial charge >= 0.3 is 5.97 Å². The van der Waals surface area contributed by atoms with Crippen molar-refractivity contribution in [3.8, 4) is 0 Å². The number of hydrogen-bond acceptors (Lipinski definition) is 2. The first-order valence-corrected chi connectivity index (χ1v) is 7.55. The van der Waals surface area contributed by atoms with Crippen molar-refractivity contribution in [2.75, 3.05) is 6.54 Å². The van der Waals surface area contributed by atoms with Crippen molar-refractivity contribution < 1.29 is 14.7 Å². The number of benzene rings is 1. The quantitative estimate of drug-likeness (QED) is 0.926. The third-order valence-corrected chi connectivity index (χ3v) is 4.49. The molecular formula is C17H23NO3. The zero-order chi connectivity index (χ0) is 15.6. The van der Waals surface area contributed by atoms with E-state index in [4.69, 9.17) is 0 Å². The van der Waals surface area contributed by atoms with E-state index in [0.717, 1.165) is 24.0 Å². The van der Waals surface area contributed by atoms with Crippen molar-refractivity contribution in [3.63, 3.8) is 0 Å². The second-order valence-electron chi connectivity index (χ2n) is 5.91. The molecule has 1 N–H and O–H groups in total. The minimum absolute atomic E-state index is 0.140. The lowest BCUT2D eigenvalue weighted by Crippen LogP contribution is -2.53. The van der Waals surface area contributed by atoms with E-state index in [9.17, 15) is 14.7 Å². The predicted octanol–water partition coefficient (Wildman–Crippen LogP) is 3.16. The molecule has 21 heavy (non-hydrogen) atoms. The average Bonchev–Trinajstić information content (AvgIpc) is 2.84. The lowest BCUT2D eigenvalue weighted by molar-refractivity contribution is -0.148. The molecule has 1 unspecified atom stereocenters. The van der Waals surface area contributed by atoms with Crippen molar-refractivity contribution in [2.24, 2.45) is 0 Å². The highest BCUT2D eigenvalue weighted by Gasteiger charge is 2.49. The van der Waals surface area contributed by atoms with Gasteiger partial charge in [-0.3, -0.25) is 4.79 Å². The second-order valence-corrected chi connectivity index (χ2v) is 5.91. The van der Waals surface area contributed by atoms with Crippen molar-refractivity contribution in [3.05, 3.63) is 34.9 Å². The van der Waals surface area contributed by atoms with E-state index in [2.05, 4.69) is 0 Å². The maximum Gasteiger partial charge on any atom is 0.329 e. The molecular weight excluding hydrogens is 266 g/mol. The van der Waals surface area contributed by atoms with Gasteiger partial charge in [-0.1, -0.05) is 31.5 Å². The fourth-order valence-electron chi connectivity index (χ4n) is 3.46. The highest BCUT2D eigenvalue weighted by molar-refractivity contribution is 6.00. The SMILES string of the molecule is CCCC1(C(=O)O)CCCN1C(=O)c1c(C)cccc1C. The van der Waals surface area contributed by atoms with Crippen LogP contribution in [-0.2, 0) is 4.79 Å². The van der Waals surface area contributed by atoms with Crippen LogP contribution in [0, 0.1) is 13.8 Å². The highest BCUT2D eigenvalue weighted by atomic mass is 16.4. The summed E-state index contributed by atoms with van der Waals surface area (Å²) < 4.78 is 0. The van der Waals surface area contributed by atoms with Gasteiger partial charge in [-0.05, 0) is 44.2 Å². The van der Waals surface area contributed by atoms with Crippen LogP contribution in [0.5, 0.6) is 0 Å². The van der Waals surface area contributed by atoms with Crippen LogP contribution in [0.15, 0.2) is 18.2 Å². The number of carboxylic acids is 1. The Morgan fingerprint density at radius 1 is 1.29 bits per heavy atom. The molecule has 4 nitrogen and oxygen atoms in total. The monoisotopic (exact) mass is 289 g/mol. The molecule has 0 aliphatic carbocycles. The lowest BCUT2D eigenvalue weighted by atomic mass is 9.89. The van der Waals surface area contributed by atoms with Crippen LogP contribution < -0.4 is 0 Å². The molecule has 0 spiro atoms. The predicted molar refractivity (Wildman–Crippen MR) is 81.5 cm³/mol. The third kappa shape index (κ3) is 2.55. The number of carboxylic acid groups (broad SMARTS) is 1. The molecule has 0 radical (unpaired) electrons. The van der Waals surface area contributed by atoms with Crippen molar-refractivity contribution in [1.82, 2.24) is 4.90 Å². The first-order chi connectivity index (χ1) is 9.94. The molecule has 1 heterocycles. The summed E-state index contributed by atoms with van der Waals surface area (Å²) in [5.74, 6) is -1.01. The summed E-state index contributed by atoms with van der Waals surface area (Å²) in [6.45, 7) is 6.29. The number of aryl methyl sites for hydroxylation is 2. The van der Waals surface area contributed by atoms with Crippen LogP contribution >= 0.6 is 0 Å². The normalized spacial score (nSPS) is 21.6. The summed E-state index contributed by atoms with van der Waals surface area (Å²) in [5.41, 5.74) is 1.44. The van der Waals surface area contributed by atoms with Crippen molar-refractivity contribution >= 4 is 11.9 Å². The van der Waals surface area contributed by atoms with Gasteiger partial charge < -0.3 is 10.0 Å². The third-order valence-electron chi connectivity index (χ3n) is 4.49. The number of rotatable bonds is 4. The van der Waals surface area contributed by atoms with Gasteiger partial charge in [-0.15, -0.1) is 0 Å².